The zero-order chi connectivity index (χ0) is 19.8. The molecule has 0 unspecified atom stereocenters. The van der Waals surface area contributed by atoms with E-state index >= 15 is 0 Å². The molecule has 146 valence electrons. The highest BCUT2D eigenvalue weighted by Gasteiger charge is 2.30. The Hall–Kier alpha value is -2.38. The van der Waals surface area contributed by atoms with E-state index in [1.807, 2.05) is 24.3 Å². The van der Waals surface area contributed by atoms with Crippen molar-refractivity contribution in [3.63, 3.8) is 0 Å². The van der Waals surface area contributed by atoms with Crippen LogP contribution < -0.4 is 5.63 Å². The molecule has 0 aliphatic heterocycles. The van der Waals surface area contributed by atoms with Gasteiger partial charge in [-0.2, -0.15) is 0 Å². The van der Waals surface area contributed by atoms with Crippen LogP contribution in [0, 0.1) is 0 Å². The third kappa shape index (κ3) is 4.02. The summed E-state index contributed by atoms with van der Waals surface area (Å²) < 4.78 is 8.46. The van der Waals surface area contributed by atoms with Gasteiger partial charge in [0.2, 0.25) is 0 Å². The van der Waals surface area contributed by atoms with E-state index in [-0.39, 0.29) is 5.63 Å². The van der Waals surface area contributed by atoms with Gasteiger partial charge in [0.05, 0.1) is 6.54 Å². The third-order valence-corrected chi connectivity index (χ3v) is 6.53. The van der Waals surface area contributed by atoms with Crippen molar-refractivity contribution in [2.24, 2.45) is 0 Å². The summed E-state index contributed by atoms with van der Waals surface area (Å²) in [5.41, 5.74) is 2.42. The SMILES string of the molecule is O=c1cc(CSc2nnc(C3CC3)n2Cc2ccccc2)c2ccc(Br)cc2o1. The van der Waals surface area contributed by atoms with Gasteiger partial charge in [-0.25, -0.2) is 4.79 Å². The molecule has 0 atom stereocenters. The zero-order valence-corrected chi connectivity index (χ0v) is 17.9. The number of hydrogen-bond acceptors (Lipinski definition) is 5. The van der Waals surface area contributed by atoms with Crippen LogP contribution in [0.5, 0.6) is 0 Å². The molecule has 7 heteroatoms. The van der Waals surface area contributed by atoms with Crippen LogP contribution in [-0.2, 0) is 12.3 Å². The summed E-state index contributed by atoms with van der Waals surface area (Å²) in [7, 11) is 0. The summed E-state index contributed by atoms with van der Waals surface area (Å²) in [6.07, 6.45) is 2.35. The van der Waals surface area contributed by atoms with Crippen molar-refractivity contribution in [3.05, 3.63) is 86.4 Å². The van der Waals surface area contributed by atoms with E-state index in [9.17, 15) is 4.79 Å². The number of nitrogens with zero attached hydrogens (tertiary/aromatic N) is 3. The molecule has 2 heterocycles. The Morgan fingerprint density at radius 3 is 2.72 bits per heavy atom. The lowest BCUT2D eigenvalue weighted by atomic mass is 10.1. The predicted molar refractivity (Wildman–Crippen MR) is 117 cm³/mol. The highest BCUT2D eigenvalue weighted by atomic mass is 79.9. The van der Waals surface area contributed by atoms with E-state index in [2.05, 4.69) is 55.0 Å². The van der Waals surface area contributed by atoms with Crippen molar-refractivity contribution < 1.29 is 4.42 Å². The molecule has 5 rings (SSSR count). The fourth-order valence-corrected chi connectivity index (χ4v) is 4.71. The molecular formula is C22H18BrN3O2S. The molecule has 1 fully saturated rings. The number of aromatic nitrogens is 3. The Morgan fingerprint density at radius 1 is 1.10 bits per heavy atom. The van der Waals surface area contributed by atoms with Crippen LogP contribution in [0.15, 0.2) is 73.4 Å². The second kappa shape index (κ2) is 7.80. The average Bonchev–Trinajstić information content (AvgIpc) is 3.48. The van der Waals surface area contributed by atoms with Crippen molar-refractivity contribution in [2.45, 2.75) is 36.2 Å². The van der Waals surface area contributed by atoms with Gasteiger partial charge in [-0.3, -0.25) is 0 Å². The van der Waals surface area contributed by atoms with Gasteiger partial charge in [0.25, 0.3) is 0 Å². The number of benzene rings is 2. The van der Waals surface area contributed by atoms with Crippen LogP contribution in [0.3, 0.4) is 0 Å². The molecule has 0 radical (unpaired) electrons. The molecule has 2 aromatic carbocycles. The van der Waals surface area contributed by atoms with E-state index in [1.54, 1.807) is 17.8 Å². The Labute approximate surface area is 180 Å². The Kier molecular flexibility index (Phi) is 5.01. The van der Waals surface area contributed by atoms with Crippen molar-refractivity contribution in [1.82, 2.24) is 14.8 Å². The maximum Gasteiger partial charge on any atom is 0.336 e. The summed E-state index contributed by atoms with van der Waals surface area (Å²) in [6, 6.07) is 17.7. The lowest BCUT2D eigenvalue weighted by Gasteiger charge is -2.10. The van der Waals surface area contributed by atoms with Gasteiger partial charge >= 0.3 is 5.63 Å². The first-order valence-corrected chi connectivity index (χ1v) is 11.3. The van der Waals surface area contributed by atoms with Crippen LogP contribution >= 0.6 is 27.7 Å². The minimum Gasteiger partial charge on any atom is -0.423 e. The smallest absolute Gasteiger partial charge is 0.336 e. The molecule has 0 saturated heterocycles. The Balaban J connectivity index is 1.46. The second-order valence-electron chi connectivity index (χ2n) is 7.21. The Bertz CT molecular complexity index is 1230. The van der Waals surface area contributed by atoms with E-state index in [4.69, 9.17) is 4.42 Å². The van der Waals surface area contributed by atoms with Crippen molar-refractivity contribution in [3.8, 4) is 0 Å². The van der Waals surface area contributed by atoms with Crippen LogP contribution in [0.2, 0.25) is 0 Å². The summed E-state index contributed by atoms with van der Waals surface area (Å²) in [6.45, 7) is 0.757. The first-order chi connectivity index (χ1) is 14.2. The molecule has 2 aromatic heterocycles. The number of halogens is 1. The molecule has 5 nitrogen and oxygen atoms in total. The molecular weight excluding hydrogens is 450 g/mol. The minimum absolute atomic E-state index is 0.337. The molecule has 4 aromatic rings. The molecule has 1 aliphatic carbocycles. The number of thioether (sulfide) groups is 1. The molecule has 29 heavy (non-hydrogen) atoms. The summed E-state index contributed by atoms with van der Waals surface area (Å²) in [5.74, 6) is 2.21. The normalized spacial score (nSPS) is 13.8. The molecule has 0 amide bonds. The van der Waals surface area contributed by atoms with Crippen molar-refractivity contribution >= 4 is 38.7 Å². The standard InChI is InChI=1S/C22H18BrN3O2S/c23-17-8-9-18-16(10-20(27)28-19(18)11-17)13-29-22-25-24-21(15-6-7-15)26(22)12-14-4-2-1-3-5-14/h1-5,8-11,15H,6-7,12-13H2. The van der Waals surface area contributed by atoms with Crippen LogP contribution in [0.4, 0.5) is 0 Å². The maximum absolute atomic E-state index is 12.0. The predicted octanol–water partition coefficient (Wildman–Crippen LogP) is 5.37. The van der Waals surface area contributed by atoms with Crippen molar-refractivity contribution in [1.29, 1.82) is 0 Å². The zero-order valence-electron chi connectivity index (χ0n) is 15.5. The van der Waals surface area contributed by atoms with E-state index < -0.39 is 0 Å². The van der Waals surface area contributed by atoms with E-state index in [0.717, 1.165) is 32.9 Å². The largest absolute Gasteiger partial charge is 0.423 e. The van der Waals surface area contributed by atoms with Gasteiger partial charge in [0.15, 0.2) is 5.16 Å². The average molecular weight is 468 g/mol. The van der Waals surface area contributed by atoms with Crippen molar-refractivity contribution in [2.75, 3.05) is 0 Å². The number of fused-ring (bicyclic) bond motifs is 1. The minimum atomic E-state index is -0.337. The van der Waals surface area contributed by atoms with Gasteiger partial charge in [0.1, 0.15) is 11.4 Å². The van der Waals surface area contributed by atoms with Gasteiger partial charge in [-0.15, -0.1) is 10.2 Å². The lowest BCUT2D eigenvalue weighted by molar-refractivity contribution is 0.559. The van der Waals surface area contributed by atoms with Gasteiger partial charge in [-0.1, -0.05) is 58.0 Å². The van der Waals surface area contributed by atoms with Crippen LogP contribution in [0.1, 0.15) is 35.7 Å². The molecule has 0 bridgehead atoms. The third-order valence-electron chi connectivity index (χ3n) is 5.02. The molecule has 1 aliphatic rings. The topological polar surface area (TPSA) is 60.9 Å². The maximum atomic E-state index is 12.0. The van der Waals surface area contributed by atoms with Gasteiger partial charge in [-0.05, 0) is 42.2 Å². The number of rotatable bonds is 6. The number of hydrogen-bond donors (Lipinski definition) is 0. The second-order valence-corrected chi connectivity index (χ2v) is 9.06. The first-order valence-electron chi connectivity index (χ1n) is 9.49. The molecule has 1 saturated carbocycles. The van der Waals surface area contributed by atoms with Gasteiger partial charge in [0, 0.05) is 27.6 Å². The van der Waals surface area contributed by atoms with E-state index in [0.29, 0.717) is 17.3 Å². The summed E-state index contributed by atoms with van der Waals surface area (Å²) in [4.78, 5) is 12.0. The fourth-order valence-electron chi connectivity index (χ4n) is 3.43. The molecule has 0 spiro atoms. The Morgan fingerprint density at radius 2 is 1.93 bits per heavy atom. The van der Waals surface area contributed by atoms with Gasteiger partial charge < -0.3 is 8.98 Å². The van der Waals surface area contributed by atoms with Crippen LogP contribution in [0.25, 0.3) is 11.0 Å². The van der Waals surface area contributed by atoms with Crippen LogP contribution in [-0.4, -0.2) is 14.8 Å². The van der Waals surface area contributed by atoms with E-state index in [1.165, 1.54) is 18.4 Å². The highest BCUT2D eigenvalue weighted by molar-refractivity contribution is 9.10. The quantitative estimate of drug-likeness (QED) is 0.282. The lowest BCUT2D eigenvalue weighted by Crippen LogP contribution is -2.06. The summed E-state index contributed by atoms with van der Waals surface area (Å²) in [5, 5.41) is 10.8. The monoisotopic (exact) mass is 467 g/mol. The summed E-state index contributed by atoms with van der Waals surface area (Å²) >= 11 is 5.04. The highest BCUT2D eigenvalue weighted by Crippen LogP contribution is 2.40. The fraction of sp³-hybridized carbons (Fsp3) is 0.227. The molecule has 0 N–H and O–H groups in total. The first kappa shape index (κ1) is 18.6.